The monoisotopic (exact) mass is 341 g/mol. The zero-order chi connectivity index (χ0) is 16.9. The van der Waals surface area contributed by atoms with Crippen LogP contribution >= 0.6 is 0 Å². The van der Waals surface area contributed by atoms with E-state index in [9.17, 15) is 13.2 Å². The van der Waals surface area contributed by atoms with E-state index >= 15 is 0 Å². The molecule has 6 nitrogen and oxygen atoms in total. The summed E-state index contributed by atoms with van der Waals surface area (Å²) in [7, 11) is -3.57. The molecule has 0 N–H and O–H groups in total. The molecule has 1 atom stereocenters. The first-order valence-electron chi connectivity index (χ1n) is 7.79. The van der Waals surface area contributed by atoms with Crippen LogP contribution in [0.4, 0.5) is 0 Å². The van der Waals surface area contributed by atoms with Crippen molar-refractivity contribution in [2.45, 2.75) is 31.6 Å². The number of carbonyl (C=O) groups is 1. The van der Waals surface area contributed by atoms with E-state index in [0.29, 0.717) is 19.6 Å². The molecule has 1 aliphatic rings. The third-order valence-corrected chi connectivity index (χ3v) is 5.83. The summed E-state index contributed by atoms with van der Waals surface area (Å²) in [5, 5.41) is 0. The SMILES string of the molecule is CCOOCC1CCN(S(=O)(=O)c2ccc(C)cc2)CCC1=O. The van der Waals surface area contributed by atoms with Crippen molar-refractivity contribution < 1.29 is 23.0 Å². The first kappa shape index (κ1) is 18.1. The Morgan fingerprint density at radius 1 is 1.17 bits per heavy atom. The number of carbonyl (C=O) groups excluding carboxylic acids is 1. The van der Waals surface area contributed by atoms with E-state index in [-0.39, 0.29) is 36.2 Å². The number of hydrogen-bond donors (Lipinski definition) is 0. The van der Waals surface area contributed by atoms with Gasteiger partial charge < -0.3 is 0 Å². The summed E-state index contributed by atoms with van der Waals surface area (Å²) in [6.07, 6.45) is 0.641. The first-order valence-corrected chi connectivity index (χ1v) is 9.23. The highest BCUT2D eigenvalue weighted by atomic mass is 32.2. The van der Waals surface area contributed by atoms with Crippen LogP contribution in [0.1, 0.15) is 25.3 Å². The molecule has 1 aromatic rings. The van der Waals surface area contributed by atoms with Crippen LogP contribution in [-0.4, -0.2) is 44.8 Å². The standard InChI is InChI=1S/C16H23NO5S/c1-3-21-22-12-14-8-10-17(11-9-16(14)18)23(19,20)15-6-4-13(2)5-7-15/h4-7,14H,3,8-12H2,1-2H3. The highest BCUT2D eigenvalue weighted by Crippen LogP contribution is 2.22. The Bertz CT molecular complexity index is 626. The zero-order valence-electron chi connectivity index (χ0n) is 13.5. The summed E-state index contributed by atoms with van der Waals surface area (Å²) < 4.78 is 26.8. The van der Waals surface area contributed by atoms with Crippen molar-refractivity contribution in [3.8, 4) is 0 Å². The second-order valence-electron chi connectivity index (χ2n) is 5.61. The van der Waals surface area contributed by atoms with Crippen LogP contribution in [0.15, 0.2) is 29.2 Å². The van der Waals surface area contributed by atoms with Crippen molar-refractivity contribution in [2.24, 2.45) is 5.92 Å². The maximum absolute atomic E-state index is 12.7. The van der Waals surface area contributed by atoms with E-state index in [0.717, 1.165) is 5.56 Å². The van der Waals surface area contributed by atoms with Crippen molar-refractivity contribution in [1.29, 1.82) is 0 Å². The number of benzene rings is 1. The van der Waals surface area contributed by atoms with Crippen molar-refractivity contribution in [2.75, 3.05) is 26.3 Å². The predicted octanol–water partition coefficient (Wildman–Crippen LogP) is 1.93. The largest absolute Gasteiger partial charge is 0.299 e. The quantitative estimate of drug-likeness (QED) is 0.449. The van der Waals surface area contributed by atoms with E-state index in [1.807, 2.05) is 6.92 Å². The Kier molecular flexibility index (Phi) is 6.29. The molecule has 2 rings (SSSR count). The molecule has 0 bridgehead atoms. The molecule has 0 saturated carbocycles. The molecule has 1 aliphatic heterocycles. The van der Waals surface area contributed by atoms with Gasteiger partial charge in [-0.25, -0.2) is 18.2 Å². The van der Waals surface area contributed by atoms with Gasteiger partial charge >= 0.3 is 0 Å². The number of sulfonamides is 1. The fourth-order valence-electron chi connectivity index (χ4n) is 2.50. The zero-order valence-corrected chi connectivity index (χ0v) is 14.3. The Hall–Kier alpha value is -1.28. The highest BCUT2D eigenvalue weighted by molar-refractivity contribution is 7.89. The summed E-state index contributed by atoms with van der Waals surface area (Å²) in [5.41, 5.74) is 1.00. The van der Waals surface area contributed by atoms with Gasteiger partial charge in [0.15, 0.2) is 0 Å². The van der Waals surface area contributed by atoms with E-state index in [1.54, 1.807) is 31.2 Å². The smallest absolute Gasteiger partial charge is 0.243 e. The van der Waals surface area contributed by atoms with Gasteiger partial charge in [0, 0.05) is 25.4 Å². The predicted molar refractivity (Wildman–Crippen MR) is 85.2 cm³/mol. The maximum atomic E-state index is 12.7. The summed E-state index contributed by atoms with van der Waals surface area (Å²) >= 11 is 0. The normalized spacial score (nSPS) is 20.4. The molecular weight excluding hydrogens is 318 g/mol. The van der Waals surface area contributed by atoms with Crippen LogP contribution in [0.25, 0.3) is 0 Å². The number of hydrogen-bond acceptors (Lipinski definition) is 5. The molecule has 1 aromatic carbocycles. The number of aryl methyl sites for hydroxylation is 1. The molecule has 0 spiro atoms. The Morgan fingerprint density at radius 2 is 1.87 bits per heavy atom. The van der Waals surface area contributed by atoms with Crippen LogP contribution in [0.5, 0.6) is 0 Å². The van der Waals surface area contributed by atoms with Crippen LogP contribution in [0.3, 0.4) is 0 Å². The van der Waals surface area contributed by atoms with Gasteiger partial charge in [-0.1, -0.05) is 17.7 Å². The second kappa shape index (κ2) is 8.01. The fourth-order valence-corrected chi connectivity index (χ4v) is 3.96. The molecule has 1 saturated heterocycles. The lowest BCUT2D eigenvalue weighted by Gasteiger charge is -2.20. The number of rotatable bonds is 6. The minimum absolute atomic E-state index is 0.0197. The summed E-state index contributed by atoms with van der Waals surface area (Å²) in [4.78, 5) is 22.2. The lowest BCUT2D eigenvalue weighted by Crippen LogP contribution is -2.32. The molecule has 0 radical (unpaired) electrons. The fraction of sp³-hybridized carbons (Fsp3) is 0.562. The molecule has 0 aliphatic carbocycles. The lowest BCUT2D eigenvalue weighted by molar-refractivity contribution is -0.296. The molecule has 23 heavy (non-hydrogen) atoms. The van der Waals surface area contributed by atoms with Gasteiger partial charge in [0.2, 0.25) is 10.0 Å². The molecule has 7 heteroatoms. The lowest BCUT2D eigenvalue weighted by atomic mass is 10.0. The van der Waals surface area contributed by atoms with Gasteiger partial charge in [-0.15, -0.1) is 0 Å². The van der Waals surface area contributed by atoms with Crippen molar-refractivity contribution in [1.82, 2.24) is 4.31 Å². The number of ketones is 1. The average Bonchev–Trinajstić information content (AvgIpc) is 2.71. The minimum atomic E-state index is -3.57. The molecule has 1 fully saturated rings. The summed E-state index contributed by atoms with van der Waals surface area (Å²) in [5.74, 6) is -0.300. The van der Waals surface area contributed by atoms with Crippen molar-refractivity contribution >= 4 is 15.8 Å². The van der Waals surface area contributed by atoms with Crippen LogP contribution in [0.2, 0.25) is 0 Å². The van der Waals surface area contributed by atoms with E-state index in [2.05, 4.69) is 0 Å². The first-order chi connectivity index (χ1) is 10.9. The maximum Gasteiger partial charge on any atom is 0.243 e. The summed E-state index contributed by atoms with van der Waals surface area (Å²) in [6.45, 7) is 4.80. The van der Waals surface area contributed by atoms with Crippen LogP contribution in [-0.2, 0) is 24.6 Å². The van der Waals surface area contributed by atoms with Gasteiger partial charge in [0.05, 0.1) is 18.1 Å². The average molecular weight is 341 g/mol. The molecule has 1 heterocycles. The third kappa shape index (κ3) is 4.60. The van der Waals surface area contributed by atoms with Gasteiger partial charge in [-0.05, 0) is 32.4 Å². The minimum Gasteiger partial charge on any atom is -0.299 e. The van der Waals surface area contributed by atoms with Crippen LogP contribution < -0.4 is 0 Å². The molecule has 128 valence electrons. The Morgan fingerprint density at radius 3 is 2.52 bits per heavy atom. The van der Waals surface area contributed by atoms with Crippen molar-refractivity contribution in [3.05, 3.63) is 29.8 Å². The molecule has 1 unspecified atom stereocenters. The second-order valence-corrected chi connectivity index (χ2v) is 7.55. The van der Waals surface area contributed by atoms with E-state index in [4.69, 9.17) is 9.78 Å². The van der Waals surface area contributed by atoms with Gasteiger partial charge in [0.25, 0.3) is 0 Å². The molecule has 0 aromatic heterocycles. The topological polar surface area (TPSA) is 72.9 Å². The molecular formula is C16H23NO5S. The Balaban J connectivity index is 2.06. The number of Topliss-reactive ketones (excluding diaryl/α,β-unsaturated/α-hetero) is 1. The third-order valence-electron chi connectivity index (χ3n) is 3.92. The number of nitrogens with zero attached hydrogens (tertiary/aromatic N) is 1. The van der Waals surface area contributed by atoms with E-state index < -0.39 is 10.0 Å². The van der Waals surface area contributed by atoms with Gasteiger partial charge in [0.1, 0.15) is 5.78 Å². The molecule has 0 amide bonds. The van der Waals surface area contributed by atoms with Crippen molar-refractivity contribution in [3.63, 3.8) is 0 Å². The van der Waals surface area contributed by atoms with Crippen LogP contribution in [0, 0.1) is 12.8 Å². The van der Waals surface area contributed by atoms with E-state index in [1.165, 1.54) is 4.31 Å². The Labute approximate surface area is 137 Å². The summed E-state index contributed by atoms with van der Waals surface area (Å²) in [6, 6.07) is 6.75. The highest BCUT2D eigenvalue weighted by Gasteiger charge is 2.31. The van der Waals surface area contributed by atoms with Gasteiger partial charge in [-0.3, -0.25) is 4.79 Å². The van der Waals surface area contributed by atoms with Gasteiger partial charge in [-0.2, -0.15) is 4.31 Å².